The summed E-state index contributed by atoms with van der Waals surface area (Å²) in [5.41, 5.74) is 2.48. The van der Waals surface area contributed by atoms with Crippen LogP contribution in [0.4, 0.5) is 5.69 Å². The van der Waals surface area contributed by atoms with Crippen molar-refractivity contribution in [2.75, 3.05) is 0 Å². The van der Waals surface area contributed by atoms with Gasteiger partial charge in [-0.05, 0) is 31.0 Å². The Morgan fingerprint density at radius 2 is 1.93 bits per heavy atom. The summed E-state index contributed by atoms with van der Waals surface area (Å²) in [6.07, 6.45) is 2.40. The molecule has 1 aliphatic carbocycles. The largest absolute Gasteiger partial charge is 0.258 e. The second kappa shape index (κ2) is 4.14. The van der Waals surface area contributed by atoms with E-state index in [0.29, 0.717) is 0 Å². The van der Waals surface area contributed by atoms with Gasteiger partial charge in [-0.3, -0.25) is 4.99 Å². The summed E-state index contributed by atoms with van der Waals surface area (Å²) in [6, 6.07) is 8.62. The average Bonchev–Trinajstić information content (AvgIpc) is 2.85. The fraction of sp³-hybridized carbons (Fsp3) is 0.417. The number of nitrogens with zero attached hydrogens (tertiary/aromatic N) is 1. The third kappa shape index (κ3) is 3.84. The van der Waals surface area contributed by atoms with E-state index in [4.69, 9.17) is 0 Å². The minimum Gasteiger partial charge on any atom is -0.258 e. The van der Waals surface area contributed by atoms with Gasteiger partial charge in [0.1, 0.15) is 7.22 Å². The van der Waals surface area contributed by atoms with Crippen LogP contribution >= 0.6 is 11.2 Å². The molecule has 1 nitrogen and oxygen atoms in total. The van der Waals surface area contributed by atoms with Crippen molar-refractivity contribution < 1.29 is 0 Å². The second-order valence-corrected chi connectivity index (χ2v) is 14.1. The van der Waals surface area contributed by atoms with Crippen molar-refractivity contribution in [1.29, 1.82) is 0 Å². The van der Waals surface area contributed by atoms with Crippen LogP contribution in [-0.2, 0) is 0 Å². The molecule has 0 amide bonds. The predicted octanol–water partition coefficient (Wildman–Crippen LogP) is 4.48. The van der Waals surface area contributed by atoms with Crippen LogP contribution in [0.15, 0.2) is 34.2 Å². The summed E-state index contributed by atoms with van der Waals surface area (Å²) >= 11 is 2.03. The Labute approximate surface area is 96.7 Å². The van der Waals surface area contributed by atoms with Crippen LogP contribution in [0, 0.1) is 0 Å². The van der Waals surface area contributed by atoms with E-state index in [1.54, 1.807) is 0 Å². The molecule has 3 heteroatoms. The maximum atomic E-state index is 4.58. The van der Waals surface area contributed by atoms with E-state index >= 15 is 0 Å². The van der Waals surface area contributed by atoms with Crippen molar-refractivity contribution in [3.8, 4) is 0 Å². The van der Waals surface area contributed by atoms with Crippen LogP contribution in [0.5, 0.6) is 0 Å². The smallest absolute Gasteiger partial charge is 0.114 e. The lowest BCUT2D eigenvalue weighted by Crippen LogP contribution is -2.13. The summed E-state index contributed by atoms with van der Waals surface area (Å²) in [6.45, 7) is 7.12. The molecule has 1 saturated carbocycles. The molecule has 0 unspecified atom stereocenters. The summed E-state index contributed by atoms with van der Waals surface area (Å²) in [7, 11) is -1.08. The minimum absolute atomic E-state index is 1.08. The average molecular weight is 235 g/mol. The molecule has 1 aromatic carbocycles. The topological polar surface area (TPSA) is 12.4 Å². The second-order valence-electron chi connectivity index (χ2n) is 4.89. The number of hydrogen-bond donors (Lipinski definition) is 0. The Bertz CT molecular complexity index is 387. The molecule has 0 aliphatic heterocycles. The van der Waals surface area contributed by atoms with Gasteiger partial charge in [0.25, 0.3) is 0 Å². The SMILES string of the molecule is C[Si](C)(C)Sc1cccc(N=C2CC2)c1. The first-order chi connectivity index (χ1) is 7.03. The lowest BCUT2D eigenvalue weighted by molar-refractivity contribution is 1.42. The molecule has 0 radical (unpaired) electrons. The van der Waals surface area contributed by atoms with E-state index in [1.807, 2.05) is 11.2 Å². The number of hydrogen-bond acceptors (Lipinski definition) is 2. The van der Waals surface area contributed by atoms with Crippen LogP contribution in [0.25, 0.3) is 0 Å². The van der Waals surface area contributed by atoms with Crippen LogP contribution in [0.3, 0.4) is 0 Å². The van der Waals surface area contributed by atoms with Gasteiger partial charge in [0.2, 0.25) is 0 Å². The molecule has 0 heterocycles. The Hall–Kier alpha value is -0.543. The third-order valence-corrected chi connectivity index (χ3v) is 5.65. The molecular formula is C12H17NSSi. The number of benzene rings is 1. The highest BCUT2D eigenvalue weighted by molar-refractivity contribution is 8.28. The molecule has 0 atom stereocenters. The van der Waals surface area contributed by atoms with E-state index in [0.717, 1.165) is 5.69 Å². The highest BCUT2D eigenvalue weighted by Crippen LogP contribution is 2.32. The van der Waals surface area contributed by atoms with Gasteiger partial charge in [-0.25, -0.2) is 0 Å². The van der Waals surface area contributed by atoms with Gasteiger partial charge in [-0.15, -0.1) is 0 Å². The lowest BCUT2D eigenvalue weighted by Gasteiger charge is -2.15. The molecule has 0 N–H and O–H groups in total. The number of rotatable bonds is 3. The zero-order valence-corrected chi connectivity index (χ0v) is 11.4. The summed E-state index contributed by atoms with van der Waals surface area (Å²) in [5.74, 6) is 0. The molecular weight excluding hydrogens is 218 g/mol. The molecule has 2 rings (SSSR count). The van der Waals surface area contributed by atoms with Gasteiger partial charge in [0.15, 0.2) is 0 Å². The summed E-state index contributed by atoms with van der Waals surface area (Å²) < 4.78 is 0. The van der Waals surface area contributed by atoms with Gasteiger partial charge in [0.05, 0.1) is 5.69 Å². The fourth-order valence-corrected chi connectivity index (χ4v) is 4.86. The zero-order valence-electron chi connectivity index (χ0n) is 9.58. The summed E-state index contributed by atoms with van der Waals surface area (Å²) in [4.78, 5) is 5.95. The standard InChI is InChI=1S/C12H17NSSi/c1-15(2,3)14-12-6-4-5-11(9-12)13-10-7-8-10/h4-6,9H,7-8H2,1-3H3. The maximum absolute atomic E-state index is 4.58. The van der Waals surface area contributed by atoms with Crippen LogP contribution in [0.2, 0.25) is 19.6 Å². The normalized spacial score (nSPS) is 15.3. The van der Waals surface area contributed by atoms with Crippen molar-refractivity contribution in [3.05, 3.63) is 24.3 Å². The molecule has 1 fully saturated rings. The van der Waals surface area contributed by atoms with E-state index in [-0.39, 0.29) is 0 Å². The van der Waals surface area contributed by atoms with E-state index in [2.05, 4.69) is 48.9 Å². The fourth-order valence-electron chi connectivity index (χ4n) is 1.32. The number of aliphatic imine (C=N–C) groups is 1. The highest BCUT2D eigenvalue weighted by Gasteiger charge is 2.16. The molecule has 1 aliphatic rings. The van der Waals surface area contributed by atoms with Gasteiger partial charge in [0, 0.05) is 10.6 Å². The Morgan fingerprint density at radius 3 is 2.53 bits per heavy atom. The first-order valence-electron chi connectivity index (χ1n) is 5.38. The zero-order chi connectivity index (χ0) is 10.9. The van der Waals surface area contributed by atoms with Crippen molar-refractivity contribution in [1.82, 2.24) is 0 Å². The first-order valence-corrected chi connectivity index (χ1v) is 10.4. The Balaban J connectivity index is 2.15. The van der Waals surface area contributed by atoms with Crippen LogP contribution < -0.4 is 0 Å². The molecule has 0 bridgehead atoms. The van der Waals surface area contributed by atoms with Crippen molar-refractivity contribution in [2.24, 2.45) is 4.99 Å². The Morgan fingerprint density at radius 1 is 1.20 bits per heavy atom. The quantitative estimate of drug-likeness (QED) is 0.704. The van der Waals surface area contributed by atoms with Gasteiger partial charge < -0.3 is 0 Å². The van der Waals surface area contributed by atoms with Gasteiger partial charge in [-0.2, -0.15) is 11.2 Å². The molecule has 0 saturated heterocycles. The van der Waals surface area contributed by atoms with Crippen molar-refractivity contribution in [3.63, 3.8) is 0 Å². The van der Waals surface area contributed by atoms with Gasteiger partial charge in [-0.1, -0.05) is 25.7 Å². The van der Waals surface area contributed by atoms with E-state index in [1.165, 1.54) is 23.4 Å². The first kappa shape index (κ1) is 11.0. The minimum atomic E-state index is -1.08. The lowest BCUT2D eigenvalue weighted by atomic mass is 10.3. The van der Waals surface area contributed by atoms with Crippen molar-refractivity contribution in [2.45, 2.75) is 37.4 Å². The van der Waals surface area contributed by atoms with E-state index in [9.17, 15) is 0 Å². The third-order valence-electron chi connectivity index (χ3n) is 2.00. The highest BCUT2D eigenvalue weighted by atomic mass is 32.4. The summed E-state index contributed by atoms with van der Waals surface area (Å²) in [5, 5.41) is 0. The van der Waals surface area contributed by atoms with Crippen LogP contribution in [0.1, 0.15) is 12.8 Å². The van der Waals surface area contributed by atoms with Gasteiger partial charge >= 0.3 is 0 Å². The molecule has 0 spiro atoms. The molecule has 1 aromatic rings. The maximum Gasteiger partial charge on any atom is 0.114 e. The van der Waals surface area contributed by atoms with E-state index < -0.39 is 7.22 Å². The predicted molar refractivity (Wildman–Crippen MR) is 72.0 cm³/mol. The van der Waals surface area contributed by atoms with Crippen LogP contribution in [-0.4, -0.2) is 12.9 Å². The molecule has 0 aromatic heterocycles. The monoisotopic (exact) mass is 235 g/mol. The van der Waals surface area contributed by atoms with Crippen molar-refractivity contribution >= 4 is 29.8 Å². The molecule has 80 valence electrons. The molecule has 15 heavy (non-hydrogen) atoms. The Kier molecular flexibility index (Phi) is 3.02.